The minimum absolute atomic E-state index is 1.20. The van der Waals surface area contributed by atoms with Crippen LogP contribution in [0.1, 0.15) is 69.4 Å². The topological polar surface area (TPSA) is 0 Å². The molecule has 0 spiro atoms. The molecule has 0 atom stereocenters. The molecule has 0 unspecified atom stereocenters. The SMILES string of the molecule is CCCCCCCCCCc1[c]ccc(C)c1. The Balaban J connectivity index is 1.97. The quantitative estimate of drug-likeness (QED) is 0.494. The van der Waals surface area contributed by atoms with Gasteiger partial charge in [0, 0.05) is 0 Å². The van der Waals surface area contributed by atoms with E-state index in [4.69, 9.17) is 0 Å². The fraction of sp³-hybridized carbons (Fsp3) is 0.647. The number of benzene rings is 1. The zero-order valence-corrected chi connectivity index (χ0v) is 11.6. The van der Waals surface area contributed by atoms with E-state index in [1.54, 1.807) is 0 Å². The Morgan fingerprint density at radius 2 is 1.59 bits per heavy atom. The summed E-state index contributed by atoms with van der Waals surface area (Å²) in [6.45, 7) is 4.43. The predicted molar refractivity (Wildman–Crippen MR) is 76.3 cm³/mol. The molecule has 0 amide bonds. The first-order chi connectivity index (χ1) is 8.33. The van der Waals surface area contributed by atoms with Crippen LogP contribution in [-0.4, -0.2) is 0 Å². The Hall–Kier alpha value is -0.780. The van der Waals surface area contributed by atoms with Crippen molar-refractivity contribution in [1.82, 2.24) is 0 Å². The van der Waals surface area contributed by atoms with E-state index in [-0.39, 0.29) is 0 Å². The predicted octanol–water partition coefficient (Wildman–Crippen LogP) is 5.48. The first kappa shape index (κ1) is 14.3. The molecule has 1 aromatic carbocycles. The first-order valence-corrected chi connectivity index (χ1v) is 7.30. The molecule has 0 saturated carbocycles. The van der Waals surface area contributed by atoms with Crippen LogP contribution < -0.4 is 0 Å². The van der Waals surface area contributed by atoms with Gasteiger partial charge in [-0.2, -0.15) is 0 Å². The summed E-state index contributed by atoms with van der Waals surface area (Å²) in [7, 11) is 0. The van der Waals surface area contributed by atoms with Crippen LogP contribution >= 0.6 is 0 Å². The Morgan fingerprint density at radius 3 is 2.24 bits per heavy atom. The normalized spacial score (nSPS) is 10.7. The molecule has 0 saturated heterocycles. The van der Waals surface area contributed by atoms with Crippen LogP contribution in [0.3, 0.4) is 0 Å². The third-order valence-corrected chi connectivity index (χ3v) is 3.32. The van der Waals surface area contributed by atoms with E-state index in [0.717, 1.165) is 0 Å². The molecule has 0 bridgehead atoms. The van der Waals surface area contributed by atoms with Crippen molar-refractivity contribution in [3.05, 3.63) is 35.4 Å². The lowest BCUT2D eigenvalue weighted by Crippen LogP contribution is -1.87. The summed E-state index contributed by atoms with van der Waals surface area (Å²) in [6, 6.07) is 9.77. The van der Waals surface area contributed by atoms with Crippen LogP contribution in [0.15, 0.2) is 18.2 Å². The minimum Gasteiger partial charge on any atom is -0.0654 e. The van der Waals surface area contributed by atoms with Gasteiger partial charge in [-0.25, -0.2) is 0 Å². The lowest BCUT2D eigenvalue weighted by molar-refractivity contribution is 0.575. The molecule has 0 N–H and O–H groups in total. The number of unbranched alkanes of at least 4 members (excludes halogenated alkanes) is 7. The van der Waals surface area contributed by atoms with Gasteiger partial charge in [-0.1, -0.05) is 75.6 Å². The maximum absolute atomic E-state index is 3.33. The summed E-state index contributed by atoms with van der Waals surface area (Å²) in [5, 5.41) is 0. The smallest absolute Gasteiger partial charge is 0.0149 e. The monoisotopic (exact) mass is 231 g/mol. The fourth-order valence-electron chi connectivity index (χ4n) is 2.24. The van der Waals surface area contributed by atoms with Crippen molar-refractivity contribution < 1.29 is 0 Å². The van der Waals surface area contributed by atoms with Gasteiger partial charge in [0.05, 0.1) is 0 Å². The second kappa shape index (κ2) is 9.27. The van der Waals surface area contributed by atoms with Crippen LogP contribution in [0, 0.1) is 13.0 Å². The van der Waals surface area contributed by atoms with Crippen molar-refractivity contribution in [2.75, 3.05) is 0 Å². The molecular formula is C17H27. The van der Waals surface area contributed by atoms with E-state index >= 15 is 0 Å². The fourth-order valence-corrected chi connectivity index (χ4v) is 2.24. The number of rotatable bonds is 9. The summed E-state index contributed by atoms with van der Waals surface area (Å²) in [4.78, 5) is 0. The van der Waals surface area contributed by atoms with E-state index in [1.807, 2.05) is 0 Å². The average molecular weight is 231 g/mol. The summed E-state index contributed by atoms with van der Waals surface area (Å²) >= 11 is 0. The molecule has 0 heterocycles. The number of hydrogen-bond donors (Lipinski definition) is 0. The number of hydrogen-bond acceptors (Lipinski definition) is 0. The molecule has 1 radical (unpaired) electrons. The highest BCUT2D eigenvalue weighted by Crippen LogP contribution is 2.11. The van der Waals surface area contributed by atoms with Crippen molar-refractivity contribution in [2.45, 2.75) is 71.6 Å². The van der Waals surface area contributed by atoms with Crippen molar-refractivity contribution >= 4 is 0 Å². The van der Waals surface area contributed by atoms with E-state index in [9.17, 15) is 0 Å². The minimum atomic E-state index is 1.20. The largest absolute Gasteiger partial charge is 0.0654 e. The Morgan fingerprint density at radius 1 is 0.941 bits per heavy atom. The summed E-state index contributed by atoms with van der Waals surface area (Å²) < 4.78 is 0. The lowest BCUT2D eigenvalue weighted by atomic mass is 10.0. The summed E-state index contributed by atoms with van der Waals surface area (Å²) in [5.41, 5.74) is 2.74. The molecule has 0 aromatic heterocycles. The van der Waals surface area contributed by atoms with Crippen LogP contribution in [0.5, 0.6) is 0 Å². The summed E-state index contributed by atoms with van der Waals surface area (Å²) in [6.07, 6.45) is 12.4. The van der Waals surface area contributed by atoms with E-state index in [0.29, 0.717) is 0 Å². The van der Waals surface area contributed by atoms with E-state index < -0.39 is 0 Å². The van der Waals surface area contributed by atoms with Gasteiger partial charge in [-0.15, -0.1) is 0 Å². The van der Waals surface area contributed by atoms with Gasteiger partial charge in [-0.05, 0) is 31.4 Å². The third-order valence-electron chi connectivity index (χ3n) is 3.32. The molecule has 17 heavy (non-hydrogen) atoms. The average Bonchev–Trinajstić information content (AvgIpc) is 2.33. The molecule has 0 heteroatoms. The molecule has 0 aliphatic carbocycles. The second-order valence-electron chi connectivity index (χ2n) is 5.12. The van der Waals surface area contributed by atoms with Gasteiger partial charge >= 0.3 is 0 Å². The molecule has 0 aliphatic rings. The number of aryl methyl sites for hydroxylation is 2. The first-order valence-electron chi connectivity index (χ1n) is 7.30. The van der Waals surface area contributed by atoms with Gasteiger partial charge in [0.15, 0.2) is 0 Å². The third kappa shape index (κ3) is 7.20. The van der Waals surface area contributed by atoms with Crippen molar-refractivity contribution in [3.63, 3.8) is 0 Å². The maximum atomic E-state index is 3.33. The molecule has 0 fully saturated rings. The highest BCUT2D eigenvalue weighted by atomic mass is 14.0. The Kier molecular flexibility index (Phi) is 7.79. The van der Waals surface area contributed by atoms with Gasteiger partial charge in [0.2, 0.25) is 0 Å². The van der Waals surface area contributed by atoms with Crippen molar-refractivity contribution in [2.24, 2.45) is 0 Å². The highest BCUT2D eigenvalue weighted by molar-refractivity contribution is 5.20. The summed E-state index contributed by atoms with van der Waals surface area (Å²) in [5.74, 6) is 0. The van der Waals surface area contributed by atoms with Gasteiger partial charge in [0.1, 0.15) is 0 Å². The highest BCUT2D eigenvalue weighted by Gasteiger charge is 1.95. The lowest BCUT2D eigenvalue weighted by Gasteiger charge is -2.03. The standard InChI is InChI=1S/C17H27/c1-3-4-5-6-7-8-9-10-13-17-14-11-12-16(2)15-17/h11-12,15H,3-10,13H2,1-2H3. The van der Waals surface area contributed by atoms with Crippen molar-refractivity contribution in [3.8, 4) is 0 Å². The van der Waals surface area contributed by atoms with Gasteiger partial charge < -0.3 is 0 Å². The molecule has 1 aromatic rings. The molecule has 95 valence electrons. The van der Waals surface area contributed by atoms with Crippen molar-refractivity contribution in [1.29, 1.82) is 0 Å². The van der Waals surface area contributed by atoms with Crippen LogP contribution in [0.2, 0.25) is 0 Å². The second-order valence-corrected chi connectivity index (χ2v) is 5.12. The molecule has 1 rings (SSSR count). The van der Waals surface area contributed by atoms with Gasteiger partial charge in [0.25, 0.3) is 0 Å². The zero-order valence-electron chi connectivity index (χ0n) is 11.6. The van der Waals surface area contributed by atoms with E-state index in [2.05, 4.69) is 38.1 Å². The van der Waals surface area contributed by atoms with Crippen LogP contribution in [-0.2, 0) is 6.42 Å². The van der Waals surface area contributed by atoms with E-state index in [1.165, 1.54) is 68.9 Å². The van der Waals surface area contributed by atoms with Crippen LogP contribution in [0.4, 0.5) is 0 Å². The molecule has 0 aliphatic heterocycles. The Bertz CT molecular complexity index is 288. The Labute approximate surface area is 107 Å². The van der Waals surface area contributed by atoms with Gasteiger partial charge in [-0.3, -0.25) is 0 Å². The van der Waals surface area contributed by atoms with Crippen LogP contribution in [0.25, 0.3) is 0 Å². The zero-order chi connectivity index (χ0) is 12.3. The molecule has 0 nitrogen and oxygen atoms in total. The molecular weight excluding hydrogens is 204 g/mol. The maximum Gasteiger partial charge on any atom is -0.0149 e.